The minimum absolute atomic E-state index is 0.0250. The summed E-state index contributed by atoms with van der Waals surface area (Å²) in [5.41, 5.74) is 1.89. The number of imidazole rings is 1. The molecular weight excluding hydrogens is 541 g/mol. The Labute approximate surface area is 231 Å². The summed E-state index contributed by atoms with van der Waals surface area (Å²) in [4.78, 5) is 33.5. The van der Waals surface area contributed by atoms with Gasteiger partial charge in [-0.2, -0.15) is 18.3 Å². The molecule has 0 bridgehead atoms. The summed E-state index contributed by atoms with van der Waals surface area (Å²) in [6, 6.07) is 7.51. The van der Waals surface area contributed by atoms with Crippen molar-refractivity contribution in [3.05, 3.63) is 70.3 Å². The Bertz CT molecular complexity index is 1790. The Kier molecular flexibility index (Phi) is 6.47. The van der Waals surface area contributed by atoms with Crippen molar-refractivity contribution in [1.82, 2.24) is 39.3 Å². The fraction of sp³-hybridized carbons (Fsp3) is 0.333. The van der Waals surface area contributed by atoms with Crippen LogP contribution in [-0.2, 0) is 12.7 Å². The van der Waals surface area contributed by atoms with Gasteiger partial charge in [-0.1, -0.05) is 12.1 Å². The van der Waals surface area contributed by atoms with E-state index in [4.69, 9.17) is 14.5 Å². The van der Waals surface area contributed by atoms with Crippen molar-refractivity contribution < 1.29 is 22.6 Å². The average molecular weight is 567 g/mol. The smallest absolute Gasteiger partial charge is 0.435 e. The van der Waals surface area contributed by atoms with Crippen molar-refractivity contribution in [2.75, 3.05) is 7.11 Å². The molecule has 0 atom stereocenters. The van der Waals surface area contributed by atoms with Crippen LogP contribution >= 0.6 is 0 Å². The number of hydrogen-bond donors (Lipinski definition) is 1. The quantitative estimate of drug-likeness (QED) is 0.291. The lowest BCUT2D eigenvalue weighted by atomic mass is 10.1. The van der Waals surface area contributed by atoms with Gasteiger partial charge in [-0.05, 0) is 44.4 Å². The summed E-state index contributed by atoms with van der Waals surface area (Å²) in [6.45, 7) is 3.58. The van der Waals surface area contributed by atoms with Gasteiger partial charge in [0.1, 0.15) is 17.4 Å². The first-order chi connectivity index (χ1) is 19.6. The Hall–Kier alpha value is -4.75. The van der Waals surface area contributed by atoms with Gasteiger partial charge in [0.2, 0.25) is 11.8 Å². The first-order valence-corrected chi connectivity index (χ1v) is 12.9. The molecule has 212 valence electrons. The molecule has 1 aliphatic carbocycles. The standard InChI is InChI=1S/C27H25F3N8O3/c1-14(2)41-20-10-19(27(28,29)30)36-38(20)17-8-4-15(5-9-17)12-37-24-18(34-26(37)39)11-31-23(35-24)21-22(16-6-7-16)32-13-33-25(21)40-3/h4-5,8-11,13-14,16H,6-7,12H2,1-3H3,(H,34,39). The van der Waals surface area contributed by atoms with Crippen LogP contribution in [0.25, 0.3) is 28.2 Å². The number of rotatable bonds is 8. The molecule has 1 fully saturated rings. The number of ether oxygens (including phenoxy) is 2. The molecule has 0 spiro atoms. The number of benzene rings is 1. The van der Waals surface area contributed by atoms with Crippen LogP contribution in [0.5, 0.6) is 11.8 Å². The van der Waals surface area contributed by atoms with Crippen LogP contribution in [0.3, 0.4) is 0 Å². The highest BCUT2D eigenvalue weighted by atomic mass is 19.4. The molecule has 6 rings (SSSR count). The van der Waals surface area contributed by atoms with Crippen LogP contribution in [0.4, 0.5) is 13.2 Å². The first kappa shape index (κ1) is 26.5. The minimum atomic E-state index is -4.62. The number of nitrogens with zero attached hydrogens (tertiary/aromatic N) is 7. The summed E-state index contributed by atoms with van der Waals surface area (Å²) < 4.78 is 53.6. The van der Waals surface area contributed by atoms with Crippen LogP contribution in [0.15, 0.2) is 47.7 Å². The fourth-order valence-corrected chi connectivity index (χ4v) is 4.56. The van der Waals surface area contributed by atoms with E-state index >= 15 is 0 Å². The molecule has 0 saturated heterocycles. The molecule has 41 heavy (non-hydrogen) atoms. The SMILES string of the molecule is COc1ncnc(C2CC2)c1-c1ncc2[nH]c(=O)n(Cc3ccc(-n4nc(C(F)(F)F)cc4OC(C)C)cc3)c2n1. The van der Waals surface area contributed by atoms with E-state index in [2.05, 4.69) is 25.0 Å². The van der Waals surface area contributed by atoms with Gasteiger partial charge < -0.3 is 14.5 Å². The predicted octanol–water partition coefficient (Wildman–Crippen LogP) is 4.50. The van der Waals surface area contributed by atoms with Gasteiger partial charge in [0, 0.05) is 12.0 Å². The van der Waals surface area contributed by atoms with Crippen LogP contribution in [-0.4, -0.2) is 52.5 Å². The van der Waals surface area contributed by atoms with E-state index in [0.29, 0.717) is 39.7 Å². The molecule has 0 amide bonds. The van der Waals surface area contributed by atoms with Gasteiger partial charge in [-0.25, -0.2) is 29.4 Å². The lowest BCUT2D eigenvalue weighted by Gasteiger charge is -2.12. The van der Waals surface area contributed by atoms with Crippen molar-refractivity contribution >= 4 is 11.2 Å². The summed E-state index contributed by atoms with van der Waals surface area (Å²) in [5, 5.41) is 3.71. The highest BCUT2D eigenvalue weighted by Gasteiger charge is 2.36. The van der Waals surface area contributed by atoms with Gasteiger partial charge in [0.05, 0.1) is 37.3 Å². The third-order valence-electron chi connectivity index (χ3n) is 6.58. The maximum absolute atomic E-state index is 13.3. The van der Waals surface area contributed by atoms with Crippen molar-refractivity contribution in [3.8, 4) is 28.8 Å². The molecule has 0 unspecified atom stereocenters. The van der Waals surface area contributed by atoms with Crippen molar-refractivity contribution in [1.29, 1.82) is 0 Å². The van der Waals surface area contributed by atoms with E-state index in [0.717, 1.165) is 29.3 Å². The second-order valence-corrected chi connectivity index (χ2v) is 9.98. The lowest BCUT2D eigenvalue weighted by Crippen LogP contribution is -2.18. The van der Waals surface area contributed by atoms with Gasteiger partial charge in [0.25, 0.3) is 0 Å². The summed E-state index contributed by atoms with van der Waals surface area (Å²) in [5.74, 6) is 0.954. The van der Waals surface area contributed by atoms with E-state index in [9.17, 15) is 18.0 Å². The van der Waals surface area contributed by atoms with Gasteiger partial charge in [-0.15, -0.1) is 0 Å². The number of hydrogen-bond acceptors (Lipinski definition) is 8. The fourth-order valence-electron chi connectivity index (χ4n) is 4.56. The Morgan fingerprint density at radius 3 is 2.54 bits per heavy atom. The summed E-state index contributed by atoms with van der Waals surface area (Å²) in [7, 11) is 1.52. The van der Waals surface area contributed by atoms with Crippen molar-refractivity contribution in [2.45, 2.75) is 51.4 Å². The molecule has 5 aromatic rings. The zero-order valence-corrected chi connectivity index (χ0v) is 22.3. The van der Waals surface area contributed by atoms with Crippen LogP contribution in [0.2, 0.25) is 0 Å². The Balaban J connectivity index is 1.34. The van der Waals surface area contributed by atoms with Gasteiger partial charge in [-0.3, -0.25) is 4.57 Å². The van der Waals surface area contributed by atoms with E-state index in [1.165, 1.54) is 24.2 Å². The zero-order chi connectivity index (χ0) is 28.9. The Morgan fingerprint density at radius 2 is 1.88 bits per heavy atom. The number of aromatic nitrogens is 8. The van der Waals surface area contributed by atoms with E-state index < -0.39 is 11.9 Å². The maximum atomic E-state index is 13.3. The number of H-pyrrole nitrogens is 1. The number of halogens is 3. The lowest BCUT2D eigenvalue weighted by molar-refractivity contribution is -0.141. The molecule has 1 aliphatic rings. The zero-order valence-electron chi connectivity index (χ0n) is 22.3. The first-order valence-electron chi connectivity index (χ1n) is 12.9. The maximum Gasteiger partial charge on any atom is 0.435 e. The Morgan fingerprint density at radius 1 is 1.12 bits per heavy atom. The van der Waals surface area contributed by atoms with Gasteiger partial charge >= 0.3 is 11.9 Å². The molecular formula is C27H25F3N8O3. The number of alkyl halides is 3. The monoisotopic (exact) mass is 566 g/mol. The molecule has 0 radical (unpaired) electrons. The van der Waals surface area contributed by atoms with E-state index in [-0.39, 0.29) is 30.1 Å². The molecule has 1 saturated carbocycles. The number of aromatic amines is 1. The van der Waals surface area contributed by atoms with Crippen LogP contribution in [0.1, 0.15) is 49.6 Å². The van der Waals surface area contributed by atoms with Crippen molar-refractivity contribution in [3.63, 3.8) is 0 Å². The predicted molar refractivity (Wildman–Crippen MR) is 141 cm³/mol. The molecule has 4 heterocycles. The van der Waals surface area contributed by atoms with E-state index in [1.54, 1.807) is 38.1 Å². The highest BCUT2D eigenvalue weighted by molar-refractivity contribution is 5.75. The van der Waals surface area contributed by atoms with Gasteiger partial charge in [0.15, 0.2) is 17.2 Å². The summed E-state index contributed by atoms with van der Waals surface area (Å²) >= 11 is 0. The van der Waals surface area contributed by atoms with Crippen molar-refractivity contribution in [2.24, 2.45) is 0 Å². The third-order valence-corrected chi connectivity index (χ3v) is 6.58. The largest absolute Gasteiger partial charge is 0.480 e. The molecule has 1 N–H and O–H groups in total. The molecule has 0 aliphatic heterocycles. The second-order valence-electron chi connectivity index (χ2n) is 9.98. The minimum Gasteiger partial charge on any atom is -0.480 e. The molecule has 4 aromatic heterocycles. The summed E-state index contributed by atoms with van der Waals surface area (Å²) in [6.07, 6.45) is 0.0215. The topological polar surface area (TPSA) is 126 Å². The van der Waals surface area contributed by atoms with Crippen LogP contribution in [0, 0.1) is 0 Å². The number of methoxy groups -OCH3 is 1. The third kappa shape index (κ3) is 5.12. The highest BCUT2D eigenvalue weighted by Crippen LogP contribution is 2.44. The average Bonchev–Trinajstić information content (AvgIpc) is 3.63. The molecule has 14 heteroatoms. The number of nitrogens with one attached hydrogen (secondary N) is 1. The molecule has 1 aromatic carbocycles. The van der Waals surface area contributed by atoms with E-state index in [1.807, 2.05) is 0 Å². The van der Waals surface area contributed by atoms with Crippen LogP contribution < -0.4 is 15.2 Å². The normalized spacial score (nSPS) is 13.7. The number of fused-ring (bicyclic) bond motifs is 1. The molecule has 11 nitrogen and oxygen atoms in total. The second kappa shape index (κ2) is 10.0.